The van der Waals surface area contributed by atoms with Crippen molar-refractivity contribution in [1.29, 1.82) is 0 Å². The van der Waals surface area contributed by atoms with Gasteiger partial charge in [-0.3, -0.25) is 9.00 Å². The van der Waals surface area contributed by atoms with E-state index in [-0.39, 0.29) is 23.8 Å². The zero-order valence-electron chi connectivity index (χ0n) is 8.88. The van der Waals surface area contributed by atoms with E-state index in [4.69, 9.17) is 0 Å². The van der Waals surface area contributed by atoms with Gasteiger partial charge in [-0.05, 0) is 19.4 Å². The monoisotopic (exact) mass is 249 g/mol. The number of hydrogen-bond acceptors (Lipinski definition) is 6. The number of esters is 1. The van der Waals surface area contributed by atoms with Crippen LogP contribution in [0.2, 0.25) is 0 Å². The Bertz CT molecular complexity index is 317. The minimum Gasteiger partial charge on any atom is -0.465 e. The largest absolute Gasteiger partial charge is 0.465 e. The van der Waals surface area contributed by atoms with E-state index in [2.05, 4.69) is 10.1 Å². The molecule has 0 spiro atoms. The summed E-state index contributed by atoms with van der Waals surface area (Å²) in [6.45, 7) is 1.91. The molecule has 0 saturated heterocycles. The molecule has 16 heavy (non-hydrogen) atoms. The Morgan fingerprint density at radius 2 is 2.38 bits per heavy atom. The third-order valence-corrected chi connectivity index (χ3v) is 3.27. The normalized spacial score (nSPS) is 26.6. The number of carbonyl (C=O) groups is 1. The molecule has 0 amide bonds. The fourth-order valence-corrected chi connectivity index (χ4v) is 2.19. The van der Waals surface area contributed by atoms with Crippen molar-refractivity contribution in [2.24, 2.45) is 0 Å². The predicted molar refractivity (Wildman–Crippen MR) is 57.5 cm³/mol. The van der Waals surface area contributed by atoms with Gasteiger partial charge in [-0.15, -0.1) is 0 Å². The lowest BCUT2D eigenvalue weighted by Gasteiger charge is -2.25. The van der Waals surface area contributed by atoms with E-state index in [1.165, 1.54) is 6.08 Å². The van der Waals surface area contributed by atoms with E-state index in [1.807, 2.05) is 0 Å². The number of aliphatic hydroxyl groups is 2. The first-order valence-corrected chi connectivity index (χ1v) is 6.23. The average Bonchev–Trinajstić information content (AvgIpc) is 2.22. The molecule has 1 aliphatic heterocycles. The van der Waals surface area contributed by atoms with E-state index >= 15 is 0 Å². The summed E-state index contributed by atoms with van der Waals surface area (Å²) in [6.07, 6.45) is -0.348. The highest BCUT2D eigenvalue weighted by atomic mass is 32.2. The predicted octanol–water partition coefficient (Wildman–Crippen LogP) is -1.19. The maximum absolute atomic E-state index is 11.6. The summed E-state index contributed by atoms with van der Waals surface area (Å²) < 4.78 is 16.3. The van der Waals surface area contributed by atoms with Gasteiger partial charge in [-0.2, -0.15) is 0 Å². The highest BCUT2D eigenvalue weighted by Gasteiger charge is 2.24. The molecule has 0 aromatic carbocycles. The molecule has 0 bridgehead atoms. The summed E-state index contributed by atoms with van der Waals surface area (Å²) in [6, 6.07) is 0. The number of nitrogens with one attached hydrogen (secondary N) is 1. The Morgan fingerprint density at radius 3 is 2.94 bits per heavy atom. The third-order valence-electron chi connectivity index (χ3n) is 2.00. The van der Waals surface area contributed by atoms with Crippen molar-refractivity contribution in [3.05, 3.63) is 11.1 Å². The lowest BCUT2D eigenvalue weighted by atomic mass is 10.2. The molecule has 0 radical (unpaired) electrons. The van der Waals surface area contributed by atoms with Crippen molar-refractivity contribution in [2.45, 2.75) is 25.7 Å². The first kappa shape index (κ1) is 13.1. The van der Waals surface area contributed by atoms with E-state index in [0.29, 0.717) is 0 Å². The van der Waals surface area contributed by atoms with Gasteiger partial charge in [0.05, 0.1) is 22.4 Å². The Balaban J connectivity index is 2.52. The Kier molecular flexibility index (Phi) is 4.91. The van der Waals surface area contributed by atoms with Gasteiger partial charge < -0.3 is 20.3 Å². The second kappa shape index (κ2) is 5.97. The SMILES string of the molecule is CCOC(=O)CS(=O)C1=CCC(O)C(O)N1. The highest BCUT2D eigenvalue weighted by molar-refractivity contribution is 7.89. The molecule has 92 valence electrons. The highest BCUT2D eigenvalue weighted by Crippen LogP contribution is 2.12. The molecule has 0 aliphatic carbocycles. The number of ether oxygens (including phenoxy) is 1. The molecule has 0 saturated carbocycles. The van der Waals surface area contributed by atoms with Crippen LogP contribution in [-0.2, 0) is 20.3 Å². The summed E-state index contributed by atoms with van der Waals surface area (Å²) in [4.78, 5) is 11.1. The lowest BCUT2D eigenvalue weighted by Crippen LogP contribution is -2.43. The third kappa shape index (κ3) is 3.58. The quantitative estimate of drug-likeness (QED) is 0.542. The van der Waals surface area contributed by atoms with Crippen LogP contribution >= 0.6 is 0 Å². The maximum Gasteiger partial charge on any atom is 0.318 e. The fourth-order valence-electron chi connectivity index (χ4n) is 1.20. The van der Waals surface area contributed by atoms with Crippen LogP contribution in [0.5, 0.6) is 0 Å². The molecule has 3 N–H and O–H groups in total. The standard InChI is InChI=1S/C9H15NO5S/c1-2-15-8(12)5-16(14)7-4-3-6(11)9(13)10-7/h4,6,9-11,13H,2-3,5H2,1H3. The Hall–Kier alpha value is -0.920. The fraction of sp³-hybridized carbons (Fsp3) is 0.667. The molecular formula is C9H15NO5S. The smallest absolute Gasteiger partial charge is 0.318 e. The maximum atomic E-state index is 11.6. The second-order valence-corrected chi connectivity index (χ2v) is 4.68. The van der Waals surface area contributed by atoms with Gasteiger partial charge in [0.25, 0.3) is 0 Å². The van der Waals surface area contributed by atoms with Gasteiger partial charge in [-0.1, -0.05) is 0 Å². The van der Waals surface area contributed by atoms with Gasteiger partial charge in [-0.25, -0.2) is 0 Å². The molecule has 6 nitrogen and oxygen atoms in total. The number of carbonyl (C=O) groups excluding carboxylic acids is 1. The minimum atomic E-state index is -1.57. The van der Waals surface area contributed by atoms with Crippen molar-refractivity contribution in [1.82, 2.24) is 5.32 Å². The number of aliphatic hydroxyl groups excluding tert-OH is 2. The molecule has 0 fully saturated rings. The summed E-state index contributed by atoms with van der Waals surface area (Å²) >= 11 is 0. The molecular weight excluding hydrogens is 234 g/mol. The van der Waals surface area contributed by atoms with Crippen LogP contribution in [-0.4, -0.2) is 45.1 Å². The van der Waals surface area contributed by atoms with Crippen molar-refractivity contribution in [3.63, 3.8) is 0 Å². The van der Waals surface area contributed by atoms with Gasteiger partial charge >= 0.3 is 5.97 Å². The van der Waals surface area contributed by atoms with E-state index in [0.717, 1.165) is 0 Å². The summed E-state index contributed by atoms with van der Waals surface area (Å²) in [5, 5.41) is 21.2. The van der Waals surface area contributed by atoms with E-state index in [9.17, 15) is 19.2 Å². The van der Waals surface area contributed by atoms with E-state index in [1.54, 1.807) is 6.92 Å². The molecule has 7 heteroatoms. The van der Waals surface area contributed by atoms with Gasteiger partial charge in [0.2, 0.25) is 0 Å². The zero-order valence-corrected chi connectivity index (χ0v) is 9.70. The first-order chi connectivity index (χ1) is 7.54. The van der Waals surface area contributed by atoms with Crippen LogP contribution < -0.4 is 5.32 Å². The minimum absolute atomic E-state index is 0.206. The topological polar surface area (TPSA) is 95.9 Å². The first-order valence-electron chi connectivity index (χ1n) is 4.91. The summed E-state index contributed by atoms with van der Waals surface area (Å²) in [7, 11) is -1.57. The van der Waals surface area contributed by atoms with Crippen LogP contribution in [0.15, 0.2) is 11.1 Å². The Labute approximate surface area is 95.8 Å². The average molecular weight is 249 g/mol. The van der Waals surface area contributed by atoms with Crippen molar-refractivity contribution in [3.8, 4) is 0 Å². The molecule has 1 heterocycles. The van der Waals surface area contributed by atoms with Crippen molar-refractivity contribution in [2.75, 3.05) is 12.4 Å². The van der Waals surface area contributed by atoms with Gasteiger partial charge in [0.15, 0.2) is 6.23 Å². The van der Waals surface area contributed by atoms with E-state index < -0.39 is 29.1 Å². The van der Waals surface area contributed by atoms with Gasteiger partial charge in [0, 0.05) is 0 Å². The van der Waals surface area contributed by atoms with Crippen molar-refractivity contribution < 1.29 is 24.0 Å². The molecule has 1 aliphatic rings. The Morgan fingerprint density at radius 1 is 1.69 bits per heavy atom. The molecule has 0 aromatic rings. The van der Waals surface area contributed by atoms with Crippen LogP contribution in [0.3, 0.4) is 0 Å². The van der Waals surface area contributed by atoms with Crippen LogP contribution in [0.4, 0.5) is 0 Å². The molecule has 1 rings (SSSR count). The lowest BCUT2D eigenvalue weighted by molar-refractivity contribution is -0.139. The van der Waals surface area contributed by atoms with Crippen LogP contribution in [0, 0.1) is 0 Å². The zero-order chi connectivity index (χ0) is 12.1. The van der Waals surface area contributed by atoms with Crippen LogP contribution in [0.25, 0.3) is 0 Å². The summed E-state index contributed by atoms with van der Waals surface area (Å²) in [5.74, 6) is -0.806. The number of rotatable bonds is 4. The molecule has 3 unspecified atom stereocenters. The van der Waals surface area contributed by atoms with Crippen molar-refractivity contribution >= 4 is 16.8 Å². The molecule has 0 aromatic heterocycles. The number of hydrogen-bond donors (Lipinski definition) is 3. The second-order valence-electron chi connectivity index (χ2n) is 3.26. The molecule has 3 atom stereocenters. The van der Waals surface area contributed by atoms with Gasteiger partial charge in [0.1, 0.15) is 11.9 Å². The summed E-state index contributed by atoms with van der Waals surface area (Å²) in [5.41, 5.74) is 0. The van der Waals surface area contributed by atoms with Crippen LogP contribution in [0.1, 0.15) is 13.3 Å².